The first-order valence-corrected chi connectivity index (χ1v) is 4.41. The normalized spacial score (nSPS) is 12.0. The number of carbonyl (C=O) groups excluding carboxylic acids is 1. The number of nitrogens with two attached hydrogens (primary N) is 1. The third kappa shape index (κ3) is 3.06. The molecule has 0 bridgehead atoms. The summed E-state index contributed by atoms with van der Waals surface area (Å²) in [5.41, 5.74) is 5.44. The Kier molecular flexibility index (Phi) is 3.98. The molecule has 0 unspecified atom stereocenters. The number of ether oxygens (including phenoxy) is 1. The van der Waals surface area contributed by atoms with Crippen molar-refractivity contribution in [3.05, 3.63) is 24.3 Å². The van der Waals surface area contributed by atoms with Gasteiger partial charge in [-0.2, -0.15) is 15.5 Å². The van der Waals surface area contributed by atoms with E-state index in [1.54, 1.807) is 37.4 Å². The Morgan fingerprint density at radius 2 is 2.12 bits per heavy atom. The predicted molar refractivity (Wildman–Crippen MR) is 56.1 cm³/mol. The van der Waals surface area contributed by atoms with Gasteiger partial charge in [0.25, 0.3) is 5.91 Å². The van der Waals surface area contributed by atoms with Gasteiger partial charge in [-0.05, 0) is 24.3 Å². The van der Waals surface area contributed by atoms with E-state index in [9.17, 15) is 4.79 Å². The van der Waals surface area contributed by atoms with Gasteiger partial charge in [0, 0.05) is 0 Å². The number of carbonyl (C=O) groups is 1. The maximum absolute atomic E-state index is 10.7. The minimum absolute atomic E-state index is 0.516. The fourth-order valence-corrected chi connectivity index (χ4v) is 0.920. The number of hydrogen-bond donors (Lipinski definition) is 1. The van der Waals surface area contributed by atoms with E-state index in [-0.39, 0.29) is 0 Å². The van der Waals surface area contributed by atoms with Crippen LogP contribution in [-0.2, 0) is 4.79 Å². The molecular weight excluding hydrogens is 208 g/mol. The van der Waals surface area contributed by atoms with E-state index in [0.717, 1.165) is 0 Å². The average molecular weight is 218 g/mol. The Labute approximate surface area is 92.3 Å². The van der Waals surface area contributed by atoms with Crippen molar-refractivity contribution in [2.75, 3.05) is 7.11 Å². The fourth-order valence-electron chi connectivity index (χ4n) is 0.920. The van der Waals surface area contributed by atoms with Crippen LogP contribution in [0.1, 0.15) is 0 Å². The molecule has 0 saturated carbocycles. The molecule has 0 aliphatic heterocycles. The summed E-state index contributed by atoms with van der Waals surface area (Å²) in [7, 11) is 1.55. The number of nitrogens with zero attached hydrogens (tertiary/aromatic N) is 3. The van der Waals surface area contributed by atoms with Crippen molar-refractivity contribution >= 4 is 11.6 Å². The van der Waals surface area contributed by atoms with E-state index in [1.165, 1.54) is 0 Å². The zero-order chi connectivity index (χ0) is 12.0. The first-order chi connectivity index (χ1) is 7.67. The lowest BCUT2D eigenvalue weighted by Crippen LogP contribution is -2.24. The van der Waals surface area contributed by atoms with Crippen LogP contribution in [0.2, 0.25) is 0 Å². The molecule has 6 heteroatoms. The first-order valence-electron chi connectivity index (χ1n) is 4.41. The second-order valence-corrected chi connectivity index (χ2v) is 2.85. The lowest BCUT2D eigenvalue weighted by Gasteiger charge is -1.99. The van der Waals surface area contributed by atoms with Crippen LogP contribution in [0.5, 0.6) is 5.75 Å². The van der Waals surface area contributed by atoms with Crippen LogP contribution in [0, 0.1) is 11.3 Å². The summed E-state index contributed by atoms with van der Waals surface area (Å²) >= 11 is 0. The Morgan fingerprint density at radius 1 is 1.50 bits per heavy atom. The number of hydrogen-bond acceptors (Lipinski definition) is 5. The Balaban J connectivity index is 2.76. The van der Waals surface area contributed by atoms with Gasteiger partial charge in [-0.15, -0.1) is 0 Å². The maximum atomic E-state index is 10.7. The van der Waals surface area contributed by atoms with E-state index in [4.69, 9.17) is 15.7 Å². The minimum Gasteiger partial charge on any atom is -0.497 e. The van der Waals surface area contributed by atoms with Crippen molar-refractivity contribution < 1.29 is 9.53 Å². The van der Waals surface area contributed by atoms with Gasteiger partial charge in [-0.25, -0.2) is 0 Å². The average Bonchev–Trinajstić information content (AvgIpc) is 2.30. The minimum atomic E-state index is -1.25. The van der Waals surface area contributed by atoms with Crippen LogP contribution >= 0.6 is 0 Å². The summed E-state index contributed by atoms with van der Waals surface area (Å²) in [4.78, 5) is 10.7. The summed E-state index contributed by atoms with van der Waals surface area (Å²) in [5.74, 6) is -0.134. The van der Waals surface area contributed by atoms with Crippen molar-refractivity contribution in [2.24, 2.45) is 16.0 Å². The Hall–Kier alpha value is -2.42. The molecule has 0 aliphatic carbocycles. The van der Waals surface area contributed by atoms with Gasteiger partial charge < -0.3 is 10.5 Å². The van der Waals surface area contributed by atoms with Gasteiger partial charge >= 0.3 is 0 Å². The number of nitriles is 1. The molecule has 16 heavy (non-hydrogen) atoms. The molecule has 1 aromatic rings. The van der Waals surface area contributed by atoms with Gasteiger partial charge in [0.2, 0.25) is 6.04 Å². The maximum Gasteiger partial charge on any atom is 0.258 e. The zero-order valence-electron chi connectivity index (χ0n) is 8.62. The third-order valence-electron chi connectivity index (χ3n) is 1.75. The molecule has 0 spiro atoms. The topological polar surface area (TPSA) is 101 Å². The van der Waals surface area contributed by atoms with E-state index >= 15 is 0 Å². The number of rotatable bonds is 4. The van der Waals surface area contributed by atoms with Crippen LogP contribution in [0.4, 0.5) is 5.69 Å². The zero-order valence-corrected chi connectivity index (χ0v) is 8.62. The van der Waals surface area contributed by atoms with Crippen LogP contribution in [0.15, 0.2) is 34.5 Å². The second-order valence-electron chi connectivity index (χ2n) is 2.85. The SMILES string of the molecule is COc1ccc(N=N[C@@H](C#N)C(N)=O)cc1. The van der Waals surface area contributed by atoms with Gasteiger partial charge in [-0.3, -0.25) is 4.79 Å². The van der Waals surface area contributed by atoms with E-state index in [2.05, 4.69) is 10.2 Å². The second kappa shape index (κ2) is 5.46. The number of benzene rings is 1. The molecule has 1 atom stereocenters. The highest BCUT2D eigenvalue weighted by Gasteiger charge is 2.11. The molecule has 1 rings (SSSR count). The number of azo groups is 1. The molecule has 1 amide bonds. The van der Waals surface area contributed by atoms with Gasteiger partial charge in [-0.1, -0.05) is 0 Å². The van der Waals surface area contributed by atoms with E-state index < -0.39 is 11.9 Å². The quantitative estimate of drug-likeness (QED) is 0.767. The molecule has 0 aliphatic rings. The summed E-state index contributed by atoms with van der Waals surface area (Å²) in [5, 5.41) is 15.8. The summed E-state index contributed by atoms with van der Waals surface area (Å²) in [6, 6.07) is 7.08. The van der Waals surface area contributed by atoms with Crippen LogP contribution in [0.3, 0.4) is 0 Å². The van der Waals surface area contributed by atoms with E-state index in [0.29, 0.717) is 11.4 Å². The highest BCUT2D eigenvalue weighted by atomic mass is 16.5. The van der Waals surface area contributed by atoms with Crippen molar-refractivity contribution in [1.82, 2.24) is 0 Å². The molecule has 0 heterocycles. The number of methoxy groups -OCH3 is 1. The van der Waals surface area contributed by atoms with Gasteiger partial charge in [0.1, 0.15) is 11.8 Å². The molecule has 6 nitrogen and oxygen atoms in total. The largest absolute Gasteiger partial charge is 0.497 e. The Morgan fingerprint density at radius 3 is 2.56 bits per heavy atom. The van der Waals surface area contributed by atoms with Gasteiger partial charge in [0.05, 0.1) is 12.8 Å². The van der Waals surface area contributed by atoms with Crippen molar-refractivity contribution in [2.45, 2.75) is 6.04 Å². The molecular formula is C10H10N4O2. The number of amides is 1. The molecule has 0 saturated heterocycles. The van der Waals surface area contributed by atoms with Crippen molar-refractivity contribution in [3.8, 4) is 11.8 Å². The van der Waals surface area contributed by atoms with E-state index in [1.807, 2.05) is 0 Å². The van der Waals surface area contributed by atoms with Crippen LogP contribution < -0.4 is 10.5 Å². The number of primary amides is 1. The lowest BCUT2D eigenvalue weighted by atomic mass is 10.3. The smallest absolute Gasteiger partial charge is 0.258 e. The highest BCUT2D eigenvalue weighted by molar-refractivity contribution is 5.82. The van der Waals surface area contributed by atoms with Crippen molar-refractivity contribution in [1.29, 1.82) is 5.26 Å². The fraction of sp³-hybridized carbons (Fsp3) is 0.200. The van der Waals surface area contributed by atoms with Crippen molar-refractivity contribution in [3.63, 3.8) is 0 Å². The molecule has 0 radical (unpaired) electrons. The molecule has 0 fully saturated rings. The summed E-state index contributed by atoms with van der Waals surface area (Å²) in [6.45, 7) is 0. The Bertz CT molecular complexity index is 433. The summed E-state index contributed by atoms with van der Waals surface area (Å²) < 4.78 is 4.96. The molecule has 2 N–H and O–H groups in total. The van der Waals surface area contributed by atoms with Crippen LogP contribution in [0.25, 0.3) is 0 Å². The predicted octanol–water partition coefficient (Wildman–Crippen LogP) is 1.16. The standard InChI is InChI=1S/C10H10N4O2/c1-16-8-4-2-7(3-5-8)13-14-9(6-11)10(12)15/h2-5,9H,1H3,(H2,12,15)/t9-/m0/s1. The monoisotopic (exact) mass is 218 g/mol. The first kappa shape index (κ1) is 11.7. The molecule has 82 valence electrons. The van der Waals surface area contributed by atoms with Gasteiger partial charge in [0.15, 0.2) is 0 Å². The third-order valence-corrected chi connectivity index (χ3v) is 1.75. The molecule has 1 aromatic carbocycles. The highest BCUT2D eigenvalue weighted by Crippen LogP contribution is 2.18. The van der Waals surface area contributed by atoms with Crippen LogP contribution in [-0.4, -0.2) is 19.1 Å². The molecule has 0 aromatic heterocycles. The lowest BCUT2D eigenvalue weighted by molar-refractivity contribution is -0.118. The summed E-state index contributed by atoms with van der Waals surface area (Å²) in [6.07, 6.45) is 0.